The van der Waals surface area contributed by atoms with Gasteiger partial charge in [0.25, 0.3) is 0 Å². The lowest BCUT2D eigenvalue weighted by Gasteiger charge is -2.03. The SMILES string of the molecule is C=N/C=N\C=C(/C)c1cnc2[nH]nc(-c3nc4c(-c5ccc(F)s5)nccc4[nH]3)c2c1F. The van der Waals surface area contributed by atoms with Crippen LogP contribution < -0.4 is 0 Å². The second-order valence-electron chi connectivity index (χ2n) is 6.79. The number of aliphatic imine (C=N–C) groups is 2. The number of aromatic nitrogens is 6. The van der Waals surface area contributed by atoms with Gasteiger partial charge in [0.05, 0.1) is 15.8 Å². The molecule has 5 heterocycles. The molecule has 0 aliphatic rings. The summed E-state index contributed by atoms with van der Waals surface area (Å²) < 4.78 is 29.0. The molecule has 2 N–H and O–H groups in total. The van der Waals surface area contributed by atoms with Crippen LogP contribution in [0.4, 0.5) is 8.78 Å². The van der Waals surface area contributed by atoms with Crippen molar-refractivity contribution in [3.63, 3.8) is 0 Å². The zero-order chi connectivity index (χ0) is 22.2. The molecule has 0 aromatic carbocycles. The molecule has 0 spiro atoms. The molecule has 0 aliphatic carbocycles. The standard InChI is InChI=1S/C21H14F2N8S/c1-10(7-25-9-24-2)11-8-27-20-15(16(11)23)19(30-31-20)21-28-12-5-6-26-18(17(12)29-21)13-3-4-14(22)32-13/h3-9H,2H2,1H3,(H,28,29)(H,27,30,31)/b10-7+,25-9-. The predicted molar refractivity (Wildman–Crippen MR) is 122 cm³/mol. The largest absolute Gasteiger partial charge is 0.336 e. The highest BCUT2D eigenvalue weighted by Gasteiger charge is 2.21. The minimum absolute atomic E-state index is 0.191. The third-order valence-electron chi connectivity index (χ3n) is 4.80. The fourth-order valence-corrected chi connectivity index (χ4v) is 4.06. The van der Waals surface area contributed by atoms with Crippen LogP contribution in [0, 0.1) is 10.9 Å². The number of aromatic amines is 2. The predicted octanol–water partition coefficient (Wildman–Crippen LogP) is 4.99. The second kappa shape index (κ2) is 7.85. The summed E-state index contributed by atoms with van der Waals surface area (Å²) in [6.45, 7) is 5.03. The molecule has 5 aromatic heterocycles. The Morgan fingerprint density at radius 3 is 2.84 bits per heavy atom. The number of hydrogen-bond acceptors (Lipinski definition) is 6. The van der Waals surface area contributed by atoms with Gasteiger partial charge in [-0.2, -0.15) is 9.49 Å². The smallest absolute Gasteiger partial charge is 0.177 e. The summed E-state index contributed by atoms with van der Waals surface area (Å²) in [7, 11) is 0. The summed E-state index contributed by atoms with van der Waals surface area (Å²) >= 11 is 0.977. The number of H-pyrrole nitrogens is 2. The summed E-state index contributed by atoms with van der Waals surface area (Å²) in [6.07, 6.45) is 5.75. The Morgan fingerprint density at radius 2 is 2.06 bits per heavy atom. The van der Waals surface area contributed by atoms with E-state index >= 15 is 4.39 Å². The Balaban J connectivity index is 1.67. The maximum absolute atomic E-state index is 15.5. The molecule has 0 saturated carbocycles. The molecule has 0 unspecified atom stereocenters. The van der Waals surface area contributed by atoms with E-state index in [1.807, 2.05) is 0 Å². The van der Waals surface area contributed by atoms with Crippen molar-refractivity contribution in [1.82, 2.24) is 30.1 Å². The average Bonchev–Trinajstić information content (AvgIpc) is 3.51. The van der Waals surface area contributed by atoms with Crippen LogP contribution in [0.3, 0.4) is 0 Å². The first-order valence-electron chi connectivity index (χ1n) is 9.35. The zero-order valence-electron chi connectivity index (χ0n) is 16.6. The van der Waals surface area contributed by atoms with Gasteiger partial charge in [-0.25, -0.2) is 19.4 Å². The van der Waals surface area contributed by atoms with E-state index in [4.69, 9.17) is 0 Å². The second-order valence-corrected chi connectivity index (χ2v) is 7.82. The molecule has 0 fully saturated rings. The number of pyridine rings is 2. The molecular weight excluding hydrogens is 434 g/mol. The molecule has 0 atom stereocenters. The third-order valence-corrected chi connectivity index (χ3v) is 5.68. The van der Waals surface area contributed by atoms with Crippen LogP contribution >= 0.6 is 11.3 Å². The quantitative estimate of drug-likeness (QED) is 0.292. The lowest BCUT2D eigenvalue weighted by Crippen LogP contribution is -1.92. The van der Waals surface area contributed by atoms with E-state index < -0.39 is 5.82 Å². The molecule has 8 nitrogen and oxygen atoms in total. The summed E-state index contributed by atoms with van der Waals surface area (Å²) in [6, 6.07) is 4.77. The monoisotopic (exact) mass is 448 g/mol. The first-order chi connectivity index (χ1) is 15.6. The van der Waals surface area contributed by atoms with Gasteiger partial charge in [-0.15, -0.1) is 11.3 Å². The highest BCUT2D eigenvalue weighted by atomic mass is 32.1. The van der Waals surface area contributed by atoms with Crippen molar-refractivity contribution in [2.75, 3.05) is 0 Å². The van der Waals surface area contributed by atoms with Gasteiger partial charge in [-0.1, -0.05) is 0 Å². The van der Waals surface area contributed by atoms with Gasteiger partial charge >= 0.3 is 0 Å². The Morgan fingerprint density at radius 1 is 1.19 bits per heavy atom. The number of rotatable bonds is 5. The lowest BCUT2D eigenvalue weighted by molar-refractivity contribution is 0.634. The van der Waals surface area contributed by atoms with Crippen LogP contribution in [-0.2, 0) is 0 Å². The molecule has 5 rings (SSSR count). The van der Waals surface area contributed by atoms with Gasteiger partial charge in [0.15, 0.2) is 16.6 Å². The summed E-state index contributed by atoms with van der Waals surface area (Å²) in [4.78, 5) is 24.5. The Hall–Kier alpha value is -4.12. The van der Waals surface area contributed by atoms with Gasteiger partial charge < -0.3 is 4.98 Å². The van der Waals surface area contributed by atoms with E-state index in [0.717, 1.165) is 11.3 Å². The fourth-order valence-electron chi connectivity index (χ4n) is 3.33. The number of thiophene rings is 1. The topological polar surface area (TPSA) is 108 Å². The highest BCUT2D eigenvalue weighted by molar-refractivity contribution is 7.13. The lowest BCUT2D eigenvalue weighted by atomic mass is 10.1. The maximum Gasteiger partial charge on any atom is 0.177 e. The summed E-state index contributed by atoms with van der Waals surface area (Å²) in [5, 5.41) is 6.85. The third kappa shape index (κ3) is 3.28. The molecular formula is C21H14F2N8S. The normalized spacial score (nSPS) is 12.4. The van der Waals surface area contributed by atoms with E-state index in [1.54, 1.807) is 25.3 Å². The van der Waals surface area contributed by atoms with Crippen LogP contribution in [0.2, 0.25) is 0 Å². The number of hydrogen-bond donors (Lipinski definition) is 2. The molecule has 158 valence electrons. The minimum Gasteiger partial charge on any atom is -0.336 e. The minimum atomic E-state index is -0.506. The number of allylic oxidation sites excluding steroid dienone is 1. The van der Waals surface area contributed by atoms with Crippen molar-refractivity contribution >= 4 is 52.0 Å². The summed E-state index contributed by atoms with van der Waals surface area (Å²) in [5.41, 5.74) is 3.12. The van der Waals surface area contributed by atoms with Crippen molar-refractivity contribution in [2.45, 2.75) is 6.92 Å². The van der Waals surface area contributed by atoms with Crippen molar-refractivity contribution in [3.8, 4) is 22.1 Å². The maximum atomic E-state index is 15.5. The molecule has 11 heteroatoms. The van der Waals surface area contributed by atoms with Crippen molar-refractivity contribution in [3.05, 3.63) is 53.3 Å². The van der Waals surface area contributed by atoms with Crippen LogP contribution in [0.25, 0.3) is 49.7 Å². The molecule has 0 aliphatic heterocycles. The van der Waals surface area contributed by atoms with E-state index in [-0.39, 0.29) is 27.4 Å². The number of fused-ring (bicyclic) bond motifs is 2. The molecule has 0 amide bonds. The van der Waals surface area contributed by atoms with Crippen LogP contribution in [-0.4, -0.2) is 43.2 Å². The molecule has 32 heavy (non-hydrogen) atoms. The Bertz CT molecular complexity index is 1540. The Labute approximate surface area is 183 Å². The molecule has 0 bridgehead atoms. The van der Waals surface area contributed by atoms with Crippen molar-refractivity contribution in [2.24, 2.45) is 9.98 Å². The first-order valence-corrected chi connectivity index (χ1v) is 10.2. The fraction of sp³-hybridized carbons (Fsp3) is 0.0476. The Kier molecular flexibility index (Phi) is 4.86. The van der Waals surface area contributed by atoms with E-state index in [0.29, 0.717) is 33.0 Å². The number of nitrogens with one attached hydrogen (secondary N) is 2. The molecule has 0 radical (unpaired) electrons. The van der Waals surface area contributed by atoms with E-state index in [9.17, 15) is 4.39 Å². The van der Waals surface area contributed by atoms with Gasteiger partial charge in [0, 0.05) is 24.2 Å². The highest BCUT2D eigenvalue weighted by Crippen LogP contribution is 2.34. The van der Waals surface area contributed by atoms with Crippen molar-refractivity contribution < 1.29 is 8.78 Å². The van der Waals surface area contributed by atoms with Crippen molar-refractivity contribution in [1.29, 1.82) is 0 Å². The number of halogens is 2. The number of imidazole rings is 1. The molecule has 0 saturated heterocycles. The van der Waals surface area contributed by atoms with Crippen LogP contribution in [0.1, 0.15) is 12.5 Å². The van der Waals surface area contributed by atoms with Gasteiger partial charge in [-0.3, -0.25) is 15.1 Å². The average molecular weight is 448 g/mol. The van der Waals surface area contributed by atoms with E-state index in [1.165, 1.54) is 24.8 Å². The summed E-state index contributed by atoms with van der Waals surface area (Å²) in [5.74, 6) is -0.167. The number of nitrogens with zero attached hydrogens (tertiary/aromatic N) is 6. The molecule has 5 aromatic rings. The van der Waals surface area contributed by atoms with Gasteiger partial charge in [-0.05, 0) is 37.4 Å². The van der Waals surface area contributed by atoms with Crippen LogP contribution in [0.15, 0.2) is 46.8 Å². The van der Waals surface area contributed by atoms with Crippen LogP contribution in [0.5, 0.6) is 0 Å². The first kappa shape index (κ1) is 19.8. The van der Waals surface area contributed by atoms with Gasteiger partial charge in [0.1, 0.15) is 29.1 Å². The van der Waals surface area contributed by atoms with E-state index in [2.05, 4.69) is 46.8 Å². The van der Waals surface area contributed by atoms with Gasteiger partial charge in [0.2, 0.25) is 0 Å². The zero-order valence-corrected chi connectivity index (χ0v) is 17.4.